The lowest BCUT2D eigenvalue weighted by molar-refractivity contribution is 0.0967. The van der Waals surface area contributed by atoms with Crippen LogP contribution in [0.1, 0.15) is 28.8 Å². The minimum atomic E-state index is -0.574. The highest BCUT2D eigenvalue weighted by molar-refractivity contribution is 6.31. The van der Waals surface area contributed by atoms with Gasteiger partial charge in [-0.05, 0) is 55.3 Å². The molecule has 0 spiro atoms. The number of nitrogens with two attached hydrogens (primary N) is 1. The molecule has 0 aromatic heterocycles. The summed E-state index contributed by atoms with van der Waals surface area (Å²) in [6.45, 7) is 0. The van der Waals surface area contributed by atoms with Crippen molar-refractivity contribution in [1.82, 2.24) is 5.32 Å². The lowest BCUT2D eigenvalue weighted by Gasteiger charge is -2.29. The van der Waals surface area contributed by atoms with Crippen molar-refractivity contribution in [2.45, 2.75) is 19.1 Å². The zero-order valence-electron chi connectivity index (χ0n) is 16.0. The van der Waals surface area contributed by atoms with Crippen molar-refractivity contribution in [2.24, 2.45) is 10.7 Å². The van der Waals surface area contributed by atoms with Gasteiger partial charge in [0.25, 0.3) is 5.91 Å². The van der Waals surface area contributed by atoms with E-state index in [1.54, 1.807) is 6.07 Å². The Balaban J connectivity index is 1.60. The van der Waals surface area contributed by atoms with Crippen LogP contribution in [0, 0.1) is 0 Å². The number of benzene rings is 2. The predicted octanol–water partition coefficient (Wildman–Crippen LogP) is 3.85. The van der Waals surface area contributed by atoms with Crippen LogP contribution >= 0.6 is 11.6 Å². The molecule has 1 heterocycles. The highest BCUT2D eigenvalue weighted by Crippen LogP contribution is 2.28. The summed E-state index contributed by atoms with van der Waals surface area (Å²) < 4.78 is 0. The molecule has 0 bridgehead atoms. The standard InChI is InChI=1S/C22H22ClN5O/c1-28(20-18-11-10-15(23)13-19(18)26-22(24)27-20)17-9-5-6-14(12-17)21(29)25-16-7-3-2-4-8-16/h3,5-13,22,26H,2,4,24H2,1H3,(H,25,29). The Labute approximate surface area is 174 Å². The second-order valence-electron chi connectivity index (χ2n) is 6.93. The number of carbonyl (C=O) groups excluding carboxylic acids is 1. The fourth-order valence-electron chi connectivity index (χ4n) is 3.38. The fourth-order valence-corrected chi connectivity index (χ4v) is 3.55. The van der Waals surface area contributed by atoms with Crippen LogP contribution in [0.4, 0.5) is 11.4 Å². The fraction of sp³-hybridized carbons (Fsp3) is 0.182. The van der Waals surface area contributed by atoms with Crippen molar-refractivity contribution in [1.29, 1.82) is 0 Å². The van der Waals surface area contributed by atoms with Gasteiger partial charge >= 0.3 is 0 Å². The number of amides is 1. The van der Waals surface area contributed by atoms with Crippen LogP contribution < -0.4 is 21.3 Å². The number of anilines is 2. The van der Waals surface area contributed by atoms with Gasteiger partial charge in [-0.15, -0.1) is 0 Å². The lowest BCUT2D eigenvalue weighted by Crippen LogP contribution is -2.39. The Morgan fingerprint density at radius 3 is 2.93 bits per heavy atom. The molecule has 2 aromatic rings. The van der Waals surface area contributed by atoms with Gasteiger partial charge in [0.1, 0.15) is 5.84 Å². The number of hydrogen-bond donors (Lipinski definition) is 3. The molecule has 0 fully saturated rings. The van der Waals surface area contributed by atoms with E-state index in [1.165, 1.54) is 0 Å². The van der Waals surface area contributed by atoms with Crippen LogP contribution in [0.2, 0.25) is 5.02 Å². The summed E-state index contributed by atoms with van der Waals surface area (Å²) in [4.78, 5) is 19.1. The zero-order chi connectivity index (χ0) is 20.4. The van der Waals surface area contributed by atoms with E-state index in [9.17, 15) is 4.79 Å². The summed E-state index contributed by atoms with van der Waals surface area (Å²) in [7, 11) is 1.90. The van der Waals surface area contributed by atoms with E-state index in [-0.39, 0.29) is 5.91 Å². The van der Waals surface area contributed by atoms with Gasteiger partial charge in [-0.2, -0.15) is 0 Å². The van der Waals surface area contributed by atoms with Gasteiger partial charge in [-0.3, -0.25) is 10.5 Å². The first-order valence-corrected chi connectivity index (χ1v) is 9.81. The third-order valence-electron chi connectivity index (χ3n) is 4.85. The summed E-state index contributed by atoms with van der Waals surface area (Å²) in [6, 6.07) is 13.0. The van der Waals surface area contributed by atoms with Gasteiger partial charge in [0.15, 0.2) is 6.29 Å². The van der Waals surface area contributed by atoms with Gasteiger partial charge < -0.3 is 15.5 Å². The molecule has 2 aromatic carbocycles. The molecule has 7 heteroatoms. The molecule has 4 N–H and O–H groups in total. The number of halogens is 1. The van der Waals surface area contributed by atoms with Crippen LogP contribution in [0.3, 0.4) is 0 Å². The van der Waals surface area contributed by atoms with E-state index in [2.05, 4.69) is 21.7 Å². The Kier molecular flexibility index (Phi) is 5.38. The molecule has 2 aliphatic rings. The number of allylic oxidation sites excluding steroid dienone is 3. The normalized spacial score (nSPS) is 17.6. The summed E-state index contributed by atoms with van der Waals surface area (Å²) in [6.07, 6.45) is 7.39. The molecule has 0 saturated carbocycles. The zero-order valence-corrected chi connectivity index (χ0v) is 16.8. The first kappa shape index (κ1) is 19.2. The maximum absolute atomic E-state index is 12.7. The third kappa shape index (κ3) is 4.18. The van der Waals surface area contributed by atoms with Gasteiger partial charge in [-0.1, -0.05) is 29.8 Å². The van der Waals surface area contributed by atoms with Crippen molar-refractivity contribution in [3.63, 3.8) is 0 Å². The largest absolute Gasteiger partial charge is 0.351 e. The topological polar surface area (TPSA) is 82.8 Å². The molecule has 29 heavy (non-hydrogen) atoms. The molecular weight excluding hydrogens is 386 g/mol. The molecule has 1 atom stereocenters. The maximum Gasteiger partial charge on any atom is 0.255 e. The Morgan fingerprint density at radius 1 is 1.28 bits per heavy atom. The van der Waals surface area contributed by atoms with E-state index in [0.29, 0.717) is 16.4 Å². The maximum atomic E-state index is 12.7. The van der Waals surface area contributed by atoms with Crippen LogP contribution in [-0.2, 0) is 0 Å². The molecule has 6 nitrogen and oxygen atoms in total. The summed E-state index contributed by atoms with van der Waals surface area (Å²) in [5, 5.41) is 6.69. The van der Waals surface area contributed by atoms with E-state index in [0.717, 1.165) is 35.5 Å². The average molecular weight is 408 g/mol. The number of hydrogen-bond acceptors (Lipinski definition) is 5. The number of rotatable bonds is 3. The molecule has 0 radical (unpaired) electrons. The molecule has 1 aliphatic heterocycles. The van der Waals surface area contributed by atoms with Crippen LogP contribution in [0.25, 0.3) is 0 Å². The minimum absolute atomic E-state index is 0.144. The molecule has 4 rings (SSSR count). The first-order valence-electron chi connectivity index (χ1n) is 9.43. The lowest BCUT2D eigenvalue weighted by atomic mass is 10.1. The number of amidine groups is 1. The number of aliphatic imine (C=N–C) groups is 1. The Morgan fingerprint density at radius 2 is 2.14 bits per heavy atom. The second-order valence-corrected chi connectivity index (χ2v) is 7.37. The summed E-state index contributed by atoms with van der Waals surface area (Å²) in [5.41, 5.74) is 10.0. The molecule has 148 valence electrons. The van der Waals surface area contributed by atoms with Gasteiger partial charge in [-0.25, -0.2) is 4.99 Å². The third-order valence-corrected chi connectivity index (χ3v) is 5.09. The van der Waals surface area contributed by atoms with E-state index in [4.69, 9.17) is 17.3 Å². The Bertz CT molecular complexity index is 1040. The van der Waals surface area contributed by atoms with Crippen molar-refractivity contribution in [3.8, 4) is 0 Å². The Hall–Kier alpha value is -3.09. The smallest absolute Gasteiger partial charge is 0.255 e. The molecule has 1 aliphatic carbocycles. The predicted molar refractivity (Wildman–Crippen MR) is 118 cm³/mol. The number of fused-ring (bicyclic) bond motifs is 1. The van der Waals surface area contributed by atoms with Crippen molar-refractivity contribution < 1.29 is 4.79 Å². The number of nitrogens with one attached hydrogen (secondary N) is 2. The highest BCUT2D eigenvalue weighted by Gasteiger charge is 2.22. The highest BCUT2D eigenvalue weighted by atomic mass is 35.5. The summed E-state index contributed by atoms with van der Waals surface area (Å²) >= 11 is 6.12. The van der Waals surface area contributed by atoms with Crippen LogP contribution in [0.5, 0.6) is 0 Å². The number of nitrogens with zero attached hydrogens (tertiary/aromatic N) is 2. The van der Waals surface area contributed by atoms with Crippen LogP contribution in [0.15, 0.2) is 71.4 Å². The van der Waals surface area contributed by atoms with Crippen molar-refractivity contribution in [3.05, 3.63) is 82.5 Å². The molecule has 1 unspecified atom stereocenters. The van der Waals surface area contributed by atoms with Gasteiger partial charge in [0.2, 0.25) is 0 Å². The van der Waals surface area contributed by atoms with E-state index < -0.39 is 6.29 Å². The van der Waals surface area contributed by atoms with Crippen molar-refractivity contribution in [2.75, 3.05) is 17.3 Å². The molecular formula is C22H22ClN5O. The van der Waals surface area contributed by atoms with Crippen LogP contribution in [-0.4, -0.2) is 25.1 Å². The first-order chi connectivity index (χ1) is 14.0. The van der Waals surface area contributed by atoms with Crippen molar-refractivity contribution >= 4 is 34.7 Å². The quantitative estimate of drug-likeness (QED) is 0.721. The minimum Gasteiger partial charge on any atom is -0.351 e. The average Bonchev–Trinajstić information content (AvgIpc) is 2.73. The SMILES string of the molecule is CN(C1=NC(N)Nc2cc(Cl)ccc21)c1cccc(C(=O)NC2=CCCC=C2)c1. The van der Waals surface area contributed by atoms with Gasteiger partial charge in [0, 0.05) is 40.3 Å². The number of carbonyl (C=O) groups is 1. The monoisotopic (exact) mass is 407 g/mol. The summed E-state index contributed by atoms with van der Waals surface area (Å²) in [5.74, 6) is 0.563. The molecule has 0 saturated heterocycles. The van der Waals surface area contributed by atoms with E-state index in [1.807, 2.05) is 60.5 Å². The second kappa shape index (κ2) is 8.11. The van der Waals surface area contributed by atoms with Gasteiger partial charge in [0.05, 0.1) is 0 Å². The molecule has 1 amide bonds. The van der Waals surface area contributed by atoms with E-state index >= 15 is 0 Å².